The van der Waals surface area contributed by atoms with Crippen molar-refractivity contribution in [1.29, 1.82) is 0 Å². The summed E-state index contributed by atoms with van der Waals surface area (Å²) < 4.78 is 40.1. The first-order chi connectivity index (χ1) is 11.5. The Hall–Kier alpha value is -2.54. The summed E-state index contributed by atoms with van der Waals surface area (Å²) in [6.45, 7) is 0.656. The third kappa shape index (κ3) is 3.21. The molecule has 0 radical (unpaired) electrons. The van der Waals surface area contributed by atoms with Crippen LogP contribution in [0.3, 0.4) is 0 Å². The van der Waals surface area contributed by atoms with E-state index in [1.807, 2.05) is 0 Å². The molecule has 1 atom stereocenters. The van der Waals surface area contributed by atoms with Crippen LogP contribution in [0.25, 0.3) is 11.1 Å². The van der Waals surface area contributed by atoms with Gasteiger partial charge in [0, 0.05) is 18.7 Å². The Morgan fingerprint density at radius 1 is 1.17 bits per heavy atom. The number of aliphatic hydroxyl groups excluding tert-OH is 1. The Morgan fingerprint density at radius 3 is 2.46 bits per heavy atom. The molecule has 2 amide bonds. The van der Waals surface area contributed by atoms with Crippen LogP contribution < -0.4 is 5.32 Å². The molecule has 0 aliphatic carbocycles. The minimum atomic E-state index is -1.54. The number of nitrogens with one attached hydrogen (secondary N) is 1. The number of anilines is 1. The lowest BCUT2D eigenvalue weighted by molar-refractivity contribution is 0.176. The van der Waals surface area contributed by atoms with Crippen molar-refractivity contribution in [3.63, 3.8) is 0 Å². The zero-order valence-corrected chi connectivity index (χ0v) is 12.6. The van der Waals surface area contributed by atoms with Crippen molar-refractivity contribution >= 4 is 11.7 Å². The van der Waals surface area contributed by atoms with Crippen LogP contribution in [-0.4, -0.2) is 35.2 Å². The quantitative estimate of drug-likeness (QED) is 0.826. The molecule has 2 N–H and O–H groups in total. The molecule has 1 fully saturated rings. The summed E-state index contributed by atoms with van der Waals surface area (Å²) in [4.78, 5) is 13.7. The number of amides is 2. The lowest BCUT2D eigenvalue weighted by Gasteiger charge is -2.18. The average molecular weight is 336 g/mol. The number of urea groups is 1. The molecule has 3 rings (SSSR count). The van der Waals surface area contributed by atoms with Crippen molar-refractivity contribution in [3.8, 4) is 11.1 Å². The molecule has 126 valence electrons. The fourth-order valence-electron chi connectivity index (χ4n) is 2.68. The molecule has 7 heteroatoms. The van der Waals surface area contributed by atoms with E-state index in [1.165, 1.54) is 4.90 Å². The summed E-state index contributed by atoms with van der Waals surface area (Å²) in [5, 5.41) is 12.2. The zero-order chi connectivity index (χ0) is 17.3. The molecule has 0 spiro atoms. The SMILES string of the molecule is O=C(Nc1ccccc1-c1cc(F)c(F)c(F)c1)N1CC[C@@H](O)C1. The van der Waals surface area contributed by atoms with E-state index >= 15 is 0 Å². The van der Waals surface area contributed by atoms with Crippen LogP contribution in [0.2, 0.25) is 0 Å². The third-order valence-corrected chi connectivity index (χ3v) is 3.91. The molecule has 24 heavy (non-hydrogen) atoms. The monoisotopic (exact) mass is 336 g/mol. The van der Waals surface area contributed by atoms with Gasteiger partial charge in [0.25, 0.3) is 0 Å². The molecule has 2 aromatic rings. The maximum absolute atomic E-state index is 13.5. The number of rotatable bonds is 2. The molecule has 1 heterocycles. The normalized spacial score (nSPS) is 17.2. The number of hydrogen-bond acceptors (Lipinski definition) is 2. The highest BCUT2D eigenvalue weighted by Gasteiger charge is 2.25. The van der Waals surface area contributed by atoms with Crippen molar-refractivity contribution in [1.82, 2.24) is 4.90 Å². The number of aliphatic hydroxyl groups is 1. The first-order valence-electron chi connectivity index (χ1n) is 7.43. The Bertz CT molecular complexity index is 759. The fraction of sp³-hybridized carbons (Fsp3) is 0.235. The molecule has 0 aromatic heterocycles. The van der Waals surface area contributed by atoms with Gasteiger partial charge in [-0.2, -0.15) is 0 Å². The maximum atomic E-state index is 13.5. The van der Waals surface area contributed by atoms with Crippen LogP contribution in [0.5, 0.6) is 0 Å². The van der Waals surface area contributed by atoms with Crippen molar-refractivity contribution in [2.24, 2.45) is 0 Å². The lowest BCUT2D eigenvalue weighted by atomic mass is 10.0. The first kappa shape index (κ1) is 16.3. The van der Waals surface area contributed by atoms with Gasteiger partial charge in [0.05, 0.1) is 11.8 Å². The number of β-amino-alcohol motifs (C(OH)–C–C–N with tert-alkyl or cyclic N) is 1. The second kappa shape index (κ2) is 6.52. The predicted octanol–water partition coefficient (Wildman–Crippen LogP) is 3.37. The smallest absolute Gasteiger partial charge is 0.321 e. The highest BCUT2D eigenvalue weighted by Crippen LogP contribution is 2.30. The zero-order valence-electron chi connectivity index (χ0n) is 12.6. The molecule has 0 saturated carbocycles. The van der Waals surface area contributed by atoms with E-state index in [-0.39, 0.29) is 12.1 Å². The molecule has 1 saturated heterocycles. The highest BCUT2D eigenvalue weighted by atomic mass is 19.2. The Kier molecular flexibility index (Phi) is 4.44. The van der Waals surface area contributed by atoms with Gasteiger partial charge in [0.1, 0.15) is 0 Å². The van der Waals surface area contributed by atoms with Gasteiger partial charge < -0.3 is 15.3 Å². The summed E-state index contributed by atoms with van der Waals surface area (Å²) in [5.41, 5.74) is 0.821. The van der Waals surface area contributed by atoms with Crippen LogP contribution in [0.4, 0.5) is 23.7 Å². The molecule has 0 unspecified atom stereocenters. The average Bonchev–Trinajstić information content (AvgIpc) is 2.99. The van der Waals surface area contributed by atoms with Crippen LogP contribution >= 0.6 is 0 Å². The molecule has 1 aliphatic heterocycles. The number of carbonyl (C=O) groups is 1. The Labute approximate surface area is 136 Å². The third-order valence-electron chi connectivity index (χ3n) is 3.91. The van der Waals surface area contributed by atoms with Gasteiger partial charge in [0.15, 0.2) is 17.5 Å². The second-order valence-corrected chi connectivity index (χ2v) is 5.62. The summed E-state index contributed by atoms with van der Waals surface area (Å²) >= 11 is 0. The molecule has 2 aromatic carbocycles. The van der Waals surface area contributed by atoms with Gasteiger partial charge in [0.2, 0.25) is 0 Å². The summed E-state index contributed by atoms with van der Waals surface area (Å²) in [6.07, 6.45) is -0.0463. The first-order valence-corrected chi connectivity index (χ1v) is 7.43. The van der Waals surface area contributed by atoms with Crippen molar-refractivity contribution in [3.05, 3.63) is 53.8 Å². The molecular formula is C17H15F3N2O2. The number of likely N-dealkylation sites (tertiary alicyclic amines) is 1. The highest BCUT2D eigenvalue weighted by molar-refractivity contribution is 5.94. The van der Waals surface area contributed by atoms with Crippen LogP contribution in [0.1, 0.15) is 6.42 Å². The Morgan fingerprint density at radius 2 is 1.83 bits per heavy atom. The number of nitrogens with zero attached hydrogens (tertiary/aromatic N) is 1. The van der Waals surface area contributed by atoms with Crippen LogP contribution in [-0.2, 0) is 0 Å². The van der Waals surface area contributed by atoms with E-state index in [4.69, 9.17) is 0 Å². The number of carbonyl (C=O) groups excluding carboxylic acids is 1. The maximum Gasteiger partial charge on any atom is 0.321 e. The van der Waals surface area contributed by atoms with Crippen LogP contribution in [0.15, 0.2) is 36.4 Å². The van der Waals surface area contributed by atoms with E-state index in [1.54, 1.807) is 24.3 Å². The van der Waals surface area contributed by atoms with Gasteiger partial charge in [-0.15, -0.1) is 0 Å². The number of hydrogen-bond donors (Lipinski definition) is 2. The summed E-state index contributed by atoms with van der Waals surface area (Å²) in [7, 11) is 0. The molecule has 1 aliphatic rings. The molecule has 0 bridgehead atoms. The van der Waals surface area contributed by atoms with Crippen molar-refractivity contribution in [2.45, 2.75) is 12.5 Å². The minimum Gasteiger partial charge on any atom is -0.391 e. The van der Waals surface area contributed by atoms with E-state index in [0.29, 0.717) is 24.2 Å². The topological polar surface area (TPSA) is 52.6 Å². The van der Waals surface area contributed by atoms with E-state index in [0.717, 1.165) is 12.1 Å². The summed E-state index contributed by atoms with van der Waals surface area (Å²) in [6, 6.07) is 7.80. The number of para-hydroxylation sites is 1. The van der Waals surface area contributed by atoms with Gasteiger partial charge >= 0.3 is 6.03 Å². The van der Waals surface area contributed by atoms with E-state index < -0.39 is 29.6 Å². The minimum absolute atomic E-state index is 0.115. The molecular weight excluding hydrogens is 321 g/mol. The second-order valence-electron chi connectivity index (χ2n) is 5.62. The summed E-state index contributed by atoms with van der Waals surface area (Å²) in [5.74, 6) is -4.13. The van der Waals surface area contributed by atoms with Gasteiger partial charge in [-0.05, 0) is 30.2 Å². The fourth-order valence-corrected chi connectivity index (χ4v) is 2.68. The van der Waals surface area contributed by atoms with Gasteiger partial charge in [-0.1, -0.05) is 18.2 Å². The number of benzene rings is 2. The largest absolute Gasteiger partial charge is 0.391 e. The predicted molar refractivity (Wildman–Crippen MR) is 83.0 cm³/mol. The van der Waals surface area contributed by atoms with Gasteiger partial charge in [-0.25, -0.2) is 18.0 Å². The lowest BCUT2D eigenvalue weighted by Crippen LogP contribution is -2.33. The Balaban J connectivity index is 1.90. The van der Waals surface area contributed by atoms with Crippen molar-refractivity contribution < 1.29 is 23.1 Å². The molecule has 4 nitrogen and oxygen atoms in total. The van der Waals surface area contributed by atoms with Gasteiger partial charge in [-0.3, -0.25) is 0 Å². The standard InChI is InChI=1S/C17H15F3N2O2/c18-13-7-10(8-14(19)16(13)20)12-3-1-2-4-15(12)21-17(24)22-6-5-11(23)9-22/h1-4,7-8,11,23H,5-6,9H2,(H,21,24)/t11-/m1/s1. The number of halogens is 3. The van der Waals surface area contributed by atoms with Crippen LogP contribution in [0, 0.1) is 17.5 Å². The van der Waals surface area contributed by atoms with E-state index in [9.17, 15) is 23.1 Å². The van der Waals surface area contributed by atoms with E-state index in [2.05, 4.69) is 5.32 Å². The van der Waals surface area contributed by atoms with Crippen molar-refractivity contribution in [2.75, 3.05) is 18.4 Å².